The molecule has 2 aromatic carbocycles. The summed E-state index contributed by atoms with van der Waals surface area (Å²) < 4.78 is 89.2. The Labute approximate surface area is 524 Å². The number of phosphoric ester groups is 1. The van der Waals surface area contributed by atoms with Crippen molar-refractivity contribution in [3.05, 3.63) is 56.7 Å². The van der Waals surface area contributed by atoms with E-state index in [-0.39, 0.29) is 48.6 Å². The van der Waals surface area contributed by atoms with Crippen molar-refractivity contribution in [2.45, 2.75) is 200 Å². The second-order valence-corrected chi connectivity index (χ2v) is 28.1. The molecule has 90 heavy (non-hydrogen) atoms. The van der Waals surface area contributed by atoms with E-state index in [1.165, 1.54) is 20.8 Å². The van der Waals surface area contributed by atoms with Crippen LogP contribution >= 0.6 is 7.82 Å². The van der Waals surface area contributed by atoms with Gasteiger partial charge in [-0.2, -0.15) is 0 Å². The van der Waals surface area contributed by atoms with Crippen LogP contribution in [-0.4, -0.2) is 152 Å². The van der Waals surface area contributed by atoms with Crippen molar-refractivity contribution < 1.29 is 83.9 Å². The molecule has 7 atom stereocenters. The highest BCUT2D eigenvalue weighted by molar-refractivity contribution is 7.90. The van der Waals surface area contributed by atoms with Crippen LogP contribution in [0.5, 0.6) is 11.5 Å². The number of fused-ring (bicyclic) bond motifs is 2. The number of carboxylic acids is 1. The van der Waals surface area contributed by atoms with Crippen LogP contribution in [0.4, 0.5) is 0 Å². The van der Waals surface area contributed by atoms with E-state index in [0.717, 1.165) is 20.8 Å². The number of nitrogens with one attached hydrogen (secondary N) is 8. The van der Waals surface area contributed by atoms with Gasteiger partial charge in [-0.25, -0.2) is 30.8 Å². The molecule has 0 radical (unpaired) electrons. The third-order valence-corrected chi connectivity index (χ3v) is 18.7. The molecule has 500 valence electrons. The van der Waals surface area contributed by atoms with Gasteiger partial charge in [-0.15, -0.1) is 0 Å². The van der Waals surface area contributed by atoms with E-state index < -0.39 is 141 Å². The topological polar surface area (TPSA) is 466 Å². The second-order valence-electron chi connectivity index (χ2n) is 23.6. The Kier molecular flexibility index (Phi) is 24.9. The first-order valence-electron chi connectivity index (χ1n) is 28.8. The molecule has 0 saturated carbocycles. The molecule has 0 aromatic heterocycles. The van der Waals surface area contributed by atoms with Gasteiger partial charge >= 0.3 is 13.8 Å². The standard InChI is InChI=1S/C57H87N12O18PS2/c1-27(2)42(51(74)63-35(10)53(76)77)66-52(75)43(36(11)87-88(78,79)80)67-48(71)34(9)62-49(72)41(20-18-26-61-55(59)69-90(83,84)47-31(6)29(4)45-39(33(47)8)22-24-57(15,16)86-45)65-50(73)40(64-37(12)70)19-17-25-60-54(58)68-89(81,82)46-30(5)28(3)44-38(32(46)7)21-23-56(13,14)85-44/h21-24,27,34-36,40-43H,17-20,25-26H2,1-16H3,(H,62,72)(H,63,74)(H,64,70)(H,65,73)(H,66,75)(H,67,71)(H,76,77)(H3,58,60,68)(H3,59,61,69)(H2,78,79,80)/t34-,35-,36+,40-,41-,42-,43-/m0/s1. The number of carbonyl (C=O) groups excluding carboxylic acids is 6. The first-order valence-corrected chi connectivity index (χ1v) is 33.3. The lowest BCUT2D eigenvalue weighted by molar-refractivity contribution is -0.142. The summed E-state index contributed by atoms with van der Waals surface area (Å²) in [7, 11) is -14.1. The van der Waals surface area contributed by atoms with E-state index in [1.807, 2.05) is 33.8 Å². The Balaban J connectivity index is 1.60. The second kappa shape index (κ2) is 30.0. The number of ether oxygens (including phenoxy) is 2. The lowest BCUT2D eigenvalue weighted by atomic mass is 9.94. The molecule has 0 fully saturated rings. The number of hydrogen-bond donors (Lipinski definition) is 13. The smallest absolute Gasteiger partial charge is 0.469 e. The molecule has 33 heteroatoms. The summed E-state index contributed by atoms with van der Waals surface area (Å²) in [4.78, 5) is 121. The Morgan fingerprint density at radius 1 is 0.578 bits per heavy atom. The van der Waals surface area contributed by atoms with E-state index >= 15 is 0 Å². The van der Waals surface area contributed by atoms with Crippen LogP contribution in [0.25, 0.3) is 12.2 Å². The number of carboxylic acid groups (broad SMARTS) is 1. The van der Waals surface area contributed by atoms with E-state index in [2.05, 4.69) is 51.3 Å². The number of rotatable bonds is 28. The van der Waals surface area contributed by atoms with Crippen LogP contribution in [0.1, 0.15) is 139 Å². The van der Waals surface area contributed by atoms with Gasteiger partial charge in [0.2, 0.25) is 47.4 Å². The van der Waals surface area contributed by atoms with Gasteiger partial charge < -0.3 is 67.7 Å². The number of nitrogens with zero attached hydrogens (tertiary/aromatic N) is 2. The van der Waals surface area contributed by atoms with Gasteiger partial charge in [0.25, 0.3) is 20.0 Å². The van der Waals surface area contributed by atoms with Crippen LogP contribution in [-0.2, 0) is 62.7 Å². The van der Waals surface area contributed by atoms with E-state index in [1.54, 1.807) is 59.8 Å². The van der Waals surface area contributed by atoms with Gasteiger partial charge in [-0.3, -0.25) is 48.1 Å². The fourth-order valence-electron chi connectivity index (χ4n) is 9.83. The Bertz CT molecular complexity index is 3540. The predicted molar refractivity (Wildman–Crippen MR) is 335 cm³/mol. The monoisotopic (exact) mass is 1320 g/mol. The minimum absolute atomic E-state index is 0.00234. The highest BCUT2D eigenvalue weighted by atomic mass is 32.2. The zero-order valence-electron chi connectivity index (χ0n) is 53.4. The number of aliphatic carboxylic acids is 1. The van der Waals surface area contributed by atoms with Gasteiger partial charge in [0, 0.05) is 31.1 Å². The molecule has 2 aromatic rings. The number of nitrogens with two attached hydrogens (primary N) is 2. The zero-order chi connectivity index (χ0) is 68.5. The first-order chi connectivity index (χ1) is 41.3. The van der Waals surface area contributed by atoms with Crippen molar-refractivity contribution >= 4 is 93.4 Å². The molecule has 2 heterocycles. The molecule has 0 unspecified atom stereocenters. The van der Waals surface area contributed by atoms with E-state index in [0.29, 0.717) is 56.0 Å². The number of amides is 6. The molecule has 0 aliphatic carbocycles. The summed E-state index contributed by atoms with van der Waals surface area (Å²) in [6, 6.07) is -9.40. The molecule has 2 aliphatic rings. The average Bonchev–Trinajstić information content (AvgIpc) is 0.758. The van der Waals surface area contributed by atoms with E-state index in [9.17, 15) is 69.9 Å². The fraction of sp³-hybridized carbons (Fsp3) is 0.561. The van der Waals surface area contributed by atoms with Crippen LogP contribution < -0.4 is 62.3 Å². The Morgan fingerprint density at radius 2 is 0.967 bits per heavy atom. The maximum atomic E-state index is 14.3. The highest BCUT2D eigenvalue weighted by Gasteiger charge is 2.39. The molecule has 30 nitrogen and oxygen atoms in total. The lowest BCUT2D eigenvalue weighted by Gasteiger charge is -2.31. The molecule has 15 N–H and O–H groups in total. The van der Waals surface area contributed by atoms with Crippen LogP contribution in [0.15, 0.2) is 31.9 Å². The summed E-state index contributed by atoms with van der Waals surface area (Å²) in [6.07, 6.45) is 4.82. The molecule has 0 saturated heterocycles. The molecular weight excluding hydrogens is 1240 g/mol. The molecule has 0 bridgehead atoms. The average molecular weight is 1320 g/mol. The van der Waals surface area contributed by atoms with Gasteiger partial charge in [0.15, 0.2) is 0 Å². The molecule has 0 spiro atoms. The Morgan fingerprint density at radius 3 is 1.37 bits per heavy atom. The number of phosphoric acid groups is 1. The Hall–Kier alpha value is -7.64. The van der Waals surface area contributed by atoms with Crippen molar-refractivity contribution in [1.82, 2.24) is 41.3 Å². The summed E-state index contributed by atoms with van der Waals surface area (Å²) in [5.41, 5.74) is 15.0. The number of aliphatic imine (C=N–C) groups is 2. The van der Waals surface area contributed by atoms with Crippen molar-refractivity contribution in [2.75, 3.05) is 13.1 Å². The van der Waals surface area contributed by atoms with Crippen molar-refractivity contribution in [1.29, 1.82) is 0 Å². The van der Waals surface area contributed by atoms with Crippen molar-refractivity contribution in [3.63, 3.8) is 0 Å². The maximum Gasteiger partial charge on any atom is 0.469 e. The summed E-state index contributed by atoms with van der Waals surface area (Å²) >= 11 is 0. The number of sulfonamides is 2. The minimum atomic E-state index is -5.36. The number of guanidine groups is 2. The summed E-state index contributed by atoms with van der Waals surface area (Å²) in [6.45, 7) is 24.5. The minimum Gasteiger partial charge on any atom is -0.483 e. The third-order valence-electron chi connectivity index (χ3n) is 14.8. The number of carbonyl (C=O) groups is 7. The number of benzene rings is 2. The molecular formula is C57H87N12O18PS2. The lowest BCUT2D eigenvalue weighted by Crippen LogP contribution is -2.61. The van der Waals surface area contributed by atoms with Gasteiger partial charge in [-0.05, 0) is 167 Å². The molecule has 4 rings (SSSR count). The number of hydrogen-bond acceptors (Lipinski definition) is 17. The largest absolute Gasteiger partial charge is 0.483 e. The van der Waals surface area contributed by atoms with Crippen LogP contribution in [0.2, 0.25) is 0 Å². The quantitative estimate of drug-likeness (QED) is 0.0249. The predicted octanol–water partition coefficient (Wildman–Crippen LogP) is 1.56. The van der Waals surface area contributed by atoms with Crippen LogP contribution in [0.3, 0.4) is 0 Å². The van der Waals surface area contributed by atoms with Gasteiger partial charge in [-0.1, -0.05) is 26.0 Å². The third kappa shape index (κ3) is 19.9. The molecule has 2 aliphatic heterocycles. The van der Waals surface area contributed by atoms with E-state index in [4.69, 9.17) is 25.5 Å². The van der Waals surface area contributed by atoms with Crippen molar-refractivity contribution in [2.24, 2.45) is 27.4 Å². The summed E-state index contributed by atoms with van der Waals surface area (Å²) in [5, 5.41) is 23.6. The van der Waals surface area contributed by atoms with Crippen LogP contribution in [0, 0.1) is 47.5 Å². The molecule has 6 amide bonds. The first kappa shape index (κ1) is 74.8. The normalized spacial score (nSPS) is 16.8. The fourth-order valence-corrected chi connectivity index (χ4v) is 13.4. The highest BCUT2D eigenvalue weighted by Crippen LogP contribution is 2.43. The maximum absolute atomic E-state index is 14.3. The SMILES string of the molecule is CC(=O)N[C@@H](CCCN=C(N)NS(=O)(=O)c1c(C)c(C)c2c(c1C)C=CC(C)(C)O2)C(=O)N[C@@H](CCCN=C(N)NS(=O)(=O)c1c(C)c(C)c2c(c1C)C=CC(C)(C)O2)C(=O)N[C@@H](C)C(=O)N[C@H](C(=O)N[C@H](C(=O)N[C@@H](C)C(=O)O)C(C)C)[C@@H](C)OP(=O)(O)O. The zero-order valence-corrected chi connectivity index (χ0v) is 56.0. The van der Waals surface area contributed by atoms with Gasteiger partial charge in [0.1, 0.15) is 59.0 Å². The van der Waals surface area contributed by atoms with Crippen molar-refractivity contribution in [3.8, 4) is 11.5 Å². The van der Waals surface area contributed by atoms with Gasteiger partial charge in [0.05, 0.1) is 15.9 Å². The summed E-state index contributed by atoms with van der Waals surface area (Å²) in [5.74, 6) is -8.00.